The number of carbonyl (C=O) groups is 2. The molecule has 0 N–H and O–H groups in total. The van der Waals surface area contributed by atoms with Crippen molar-refractivity contribution < 1.29 is 14.0 Å². The van der Waals surface area contributed by atoms with Gasteiger partial charge in [-0.25, -0.2) is 0 Å². The molecule has 0 amide bonds. The van der Waals surface area contributed by atoms with Crippen LogP contribution in [0.2, 0.25) is 0 Å². The van der Waals surface area contributed by atoms with Crippen molar-refractivity contribution in [3.05, 3.63) is 23.7 Å². The third-order valence-electron chi connectivity index (χ3n) is 10.1. The average molecular weight is 383 g/mol. The van der Waals surface area contributed by atoms with Crippen LogP contribution in [0, 0.1) is 39.4 Å². The summed E-state index contributed by atoms with van der Waals surface area (Å²) < 4.78 is 5.57. The van der Waals surface area contributed by atoms with Crippen LogP contribution in [0.3, 0.4) is 0 Å². The Bertz CT molecular complexity index is 863. The first-order valence-electron chi connectivity index (χ1n) is 11.2. The fourth-order valence-electron chi connectivity index (χ4n) is 8.83. The molecule has 28 heavy (non-hydrogen) atoms. The molecule has 1 heterocycles. The molecule has 3 nitrogen and oxygen atoms in total. The van der Waals surface area contributed by atoms with Gasteiger partial charge >= 0.3 is 0 Å². The van der Waals surface area contributed by atoms with Crippen LogP contribution in [0.1, 0.15) is 100 Å². The minimum Gasteiger partial charge on any atom is -0.460 e. The molecule has 0 unspecified atom stereocenters. The molecule has 152 valence electrons. The largest absolute Gasteiger partial charge is 0.460 e. The van der Waals surface area contributed by atoms with Crippen molar-refractivity contribution in [2.75, 3.05) is 0 Å². The Hall–Kier alpha value is -1.38. The van der Waals surface area contributed by atoms with E-state index in [0.717, 1.165) is 12.8 Å². The van der Waals surface area contributed by atoms with Gasteiger partial charge in [-0.3, -0.25) is 9.59 Å². The van der Waals surface area contributed by atoms with E-state index in [1.807, 2.05) is 0 Å². The Morgan fingerprint density at radius 2 is 1.64 bits per heavy atom. The zero-order chi connectivity index (χ0) is 20.1. The van der Waals surface area contributed by atoms with Crippen molar-refractivity contribution in [2.24, 2.45) is 39.4 Å². The lowest BCUT2D eigenvalue weighted by atomic mass is 9.43. The summed E-state index contributed by atoms with van der Waals surface area (Å²) in [5, 5.41) is 0. The van der Waals surface area contributed by atoms with Gasteiger partial charge in [-0.2, -0.15) is 0 Å². The zero-order valence-corrected chi connectivity index (χ0v) is 18.1. The third-order valence-corrected chi connectivity index (χ3v) is 10.1. The summed E-state index contributed by atoms with van der Waals surface area (Å²) in [6, 6.07) is 1.70. The van der Waals surface area contributed by atoms with E-state index in [-0.39, 0.29) is 28.3 Å². The van der Waals surface area contributed by atoms with E-state index in [1.165, 1.54) is 31.9 Å². The van der Waals surface area contributed by atoms with E-state index in [2.05, 4.69) is 34.6 Å². The summed E-state index contributed by atoms with van der Waals surface area (Å²) in [5.41, 5.74) is 0.715. The minimum absolute atomic E-state index is 0.0577. The van der Waals surface area contributed by atoms with Gasteiger partial charge in [0.1, 0.15) is 0 Å². The predicted octanol–water partition coefficient (Wildman–Crippen LogP) is 6.32. The fourth-order valence-corrected chi connectivity index (χ4v) is 8.83. The van der Waals surface area contributed by atoms with E-state index in [4.69, 9.17) is 4.42 Å². The van der Waals surface area contributed by atoms with E-state index in [9.17, 15) is 9.59 Å². The van der Waals surface area contributed by atoms with Crippen molar-refractivity contribution in [2.45, 2.75) is 79.6 Å². The lowest BCUT2D eigenvalue weighted by molar-refractivity contribution is -0.126. The Morgan fingerprint density at radius 3 is 2.39 bits per heavy atom. The maximum atomic E-state index is 13.7. The molecule has 3 heteroatoms. The summed E-state index contributed by atoms with van der Waals surface area (Å²) in [6.07, 6.45) is 9.13. The molecule has 0 saturated heterocycles. The summed E-state index contributed by atoms with van der Waals surface area (Å²) in [7, 11) is 0. The first-order valence-corrected chi connectivity index (χ1v) is 11.2. The summed E-state index contributed by atoms with van der Waals surface area (Å²) in [6.45, 7) is 12.0. The van der Waals surface area contributed by atoms with Crippen LogP contribution in [-0.2, 0) is 0 Å². The Labute approximate surface area is 168 Å². The van der Waals surface area contributed by atoms with E-state index in [1.54, 1.807) is 6.07 Å². The topological polar surface area (TPSA) is 47.3 Å². The fraction of sp³-hybridized carbons (Fsp3) is 0.760. The maximum Gasteiger partial charge on any atom is 0.204 e. The van der Waals surface area contributed by atoms with Crippen LogP contribution >= 0.6 is 0 Å². The molecule has 0 aliphatic heterocycles. The van der Waals surface area contributed by atoms with Gasteiger partial charge in [0.15, 0.2) is 11.5 Å². The van der Waals surface area contributed by atoms with Crippen molar-refractivity contribution in [3.63, 3.8) is 0 Å². The standard InChI is InChI=1S/C25H34O3/c1-22(2)9-6-10-23(3)17(22)7-11-24(4)18-13-16(26)15-8-12-28-20(15)21(27)25(18,5)14-19(23)24/h8,12,17-19H,6-7,9-11,13-14H2,1-5H3/t17-,18-,19+,23-,24-,25-/m0/s1. The normalized spacial score (nSPS) is 47.0. The van der Waals surface area contributed by atoms with Gasteiger partial charge in [-0.1, -0.05) is 41.0 Å². The maximum absolute atomic E-state index is 13.7. The minimum atomic E-state index is -0.488. The summed E-state index contributed by atoms with van der Waals surface area (Å²) in [4.78, 5) is 26.7. The van der Waals surface area contributed by atoms with Gasteiger partial charge in [0.2, 0.25) is 5.78 Å². The van der Waals surface area contributed by atoms with Crippen LogP contribution in [0.25, 0.3) is 0 Å². The number of ketones is 2. The Kier molecular flexibility index (Phi) is 3.60. The summed E-state index contributed by atoms with van der Waals surface area (Å²) >= 11 is 0. The lowest BCUT2D eigenvalue weighted by Gasteiger charge is -2.62. The van der Waals surface area contributed by atoms with Crippen LogP contribution in [-0.4, -0.2) is 11.6 Å². The van der Waals surface area contributed by atoms with E-state index < -0.39 is 5.41 Å². The molecule has 1 aromatic rings. The number of Topliss-reactive ketones (excluding diaryl/α,β-unsaturated/α-hetero) is 2. The van der Waals surface area contributed by atoms with Crippen LogP contribution in [0.5, 0.6) is 0 Å². The second-order valence-corrected chi connectivity index (χ2v) is 11.8. The molecule has 0 aromatic carbocycles. The molecule has 5 rings (SSSR count). The van der Waals surface area contributed by atoms with E-state index in [0.29, 0.717) is 35.0 Å². The zero-order valence-electron chi connectivity index (χ0n) is 18.1. The molecular formula is C25H34O3. The number of rotatable bonds is 0. The second-order valence-electron chi connectivity index (χ2n) is 11.8. The van der Waals surface area contributed by atoms with Gasteiger partial charge in [0.05, 0.1) is 11.8 Å². The SMILES string of the molecule is CC1(C)CCC[C@]2(C)[C@H]3C[C@]4(C)C(=O)c5occc5C(=O)C[C@H]4[C@]3(C)CC[C@@H]12. The molecule has 0 radical (unpaired) electrons. The average Bonchev–Trinajstić information content (AvgIpc) is 3.16. The number of carbonyl (C=O) groups excluding carboxylic acids is 2. The van der Waals surface area contributed by atoms with Crippen molar-refractivity contribution in [3.8, 4) is 0 Å². The van der Waals surface area contributed by atoms with Gasteiger partial charge in [-0.05, 0) is 72.2 Å². The Morgan fingerprint density at radius 1 is 0.929 bits per heavy atom. The monoisotopic (exact) mass is 382 g/mol. The van der Waals surface area contributed by atoms with Crippen LogP contribution < -0.4 is 0 Å². The highest BCUT2D eigenvalue weighted by Crippen LogP contribution is 2.74. The highest BCUT2D eigenvalue weighted by Gasteiger charge is 2.69. The first kappa shape index (κ1) is 18.6. The number of fused-ring (bicyclic) bond motifs is 6. The molecule has 3 fully saturated rings. The predicted molar refractivity (Wildman–Crippen MR) is 108 cm³/mol. The van der Waals surface area contributed by atoms with Crippen molar-refractivity contribution >= 4 is 11.6 Å². The number of furan rings is 1. The highest BCUT2D eigenvalue weighted by atomic mass is 16.3. The van der Waals surface area contributed by atoms with Crippen molar-refractivity contribution in [1.29, 1.82) is 0 Å². The van der Waals surface area contributed by atoms with Gasteiger partial charge in [-0.15, -0.1) is 0 Å². The third kappa shape index (κ3) is 2.06. The molecule has 1 aromatic heterocycles. The number of hydrogen-bond donors (Lipinski definition) is 0. The first-order chi connectivity index (χ1) is 13.0. The molecule has 6 atom stereocenters. The molecular weight excluding hydrogens is 348 g/mol. The summed E-state index contributed by atoms with van der Waals surface area (Å²) in [5.74, 6) is 1.83. The van der Waals surface area contributed by atoms with Gasteiger partial charge < -0.3 is 4.42 Å². The molecule has 0 bridgehead atoms. The molecule has 0 spiro atoms. The second kappa shape index (κ2) is 5.40. The van der Waals surface area contributed by atoms with Gasteiger partial charge in [0.25, 0.3) is 0 Å². The van der Waals surface area contributed by atoms with Crippen molar-refractivity contribution in [1.82, 2.24) is 0 Å². The van der Waals surface area contributed by atoms with Gasteiger partial charge in [0, 0.05) is 11.8 Å². The quantitative estimate of drug-likeness (QED) is 0.527. The highest BCUT2D eigenvalue weighted by molar-refractivity contribution is 6.11. The molecule has 4 aliphatic carbocycles. The van der Waals surface area contributed by atoms with Crippen LogP contribution in [0.15, 0.2) is 16.7 Å². The lowest BCUT2D eigenvalue weighted by Crippen LogP contribution is -2.54. The molecule has 3 saturated carbocycles. The number of hydrogen-bond acceptors (Lipinski definition) is 3. The Balaban J connectivity index is 1.63. The van der Waals surface area contributed by atoms with Crippen LogP contribution in [0.4, 0.5) is 0 Å². The smallest absolute Gasteiger partial charge is 0.204 e. The molecule has 4 aliphatic rings. The van der Waals surface area contributed by atoms with E-state index >= 15 is 0 Å².